The third kappa shape index (κ3) is 3.97. The first kappa shape index (κ1) is 20.5. The molecule has 0 bridgehead atoms. The highest BCUT2D eigenvalue weighted by molar-refractivity contribution is 9.10. The average Bonchev–Trinajstić information content (AvgIpc) is 2.89. The van der Waals surface area contributed by atoms with Crippen molar-refractivity contribution >= 4 is 45.2 Å². The number of aryl methyl sites for hydroxylation is 1. The summed E-state index contributed by atoms with van der Waals surface area (Å²) in [4.78, 5) is 48.8. The van der Waals surface area contributed by atoms with Crippen molar-refractivity contribution in [3.05, 3.63) is 68.2 Å². The van der Waals surface area contributed by atoms with E-state index < -0.39 is 34.9 Å². The summed E-state index contributed by atoms with van der Waals surface area (Å²) >= 11 is 3.37. The fourth-order valence-electron chi connectivity index (χ4n) is 3.03. The number of non-ortho nitro benzene ring substituents is 1. The van der Waals surface area contributed by atoms with Gasteiger partial charge in [0.1, 0.15) is 12.1 Å². The molecule has 9 nitrogen and oxygen atoms in total. The van der Waals surface area contributed by atoms with Crippen LogP contribution in [-0.4, -0.2) is 34.2 Å². The zero-order chi connectivity index (χ0) is 21.3. The van der Waals surface area contributed by atoms with E-state index in [1.165, 1.54) is 31.2 Å². The van der Waals surface area contributed by atoms with Gasteiger partial charge in [0.05, 0.1) is 4.92 Å². The molecule has 4 amide bonds. The molecule has 10 heteroatoms. The molecule has 1 heterocycles. The van der Waals surface area contributed by atoms with Crippen molar-refractivity contribution < 1.29 is 19.3 Å². The number of carbonyl (C=O) groups excluding carboxylic acids is 3. The summed E-state index contributed by atoms with van der Waals surface area (Å²) in [6, 6.07) is 9.94. The zero-order valence-corrected chi connectivity index (χ0v) is 17.1. The number of nitrogens with zero attached hydrogens (tertiary/aromatic N) is 2. The number of urea groups is 1. The van der Waals surface area contributed by atoms with Crippen LogP contribution in [0.2, 0.25) is 0 Å². The molecule has 150 valence electrons. The molecule has 1 atom stereocenters. The lowest BCUT2D eigenvalue weighted by atomic mass is 9.91. The van der Waals surface area contributed by atoms with E-state index in [0.717, 1.165) is 14.9 Å². The van der Waals surface area contributed by atoms with Crippen LogP contribution in [0.3, 0.4) is 0 Å². The molecule has 3 rings (SSSR count). The van der Waals surface area contributed by atoms with E-state index in [9.17, 15) is 24.5 Å². The van der Waals surface area contributed by atoms with Crippen LogP contribution in [0.1, 0.15) is 18.1 Å². The molecule has 0 radical (unpaired) electrons. The van der Waals surface area contributed by atoms with Gasteiger partial charge in [-0.05, 0) is 43.2 Å². The van der Waals surface area contributed by atoms with Gasteiger partial charge in [0.15, 0.2) is 0 Å². The van der Waals surface area contributed by atoms with Crippen LogP contribution in [0, 0.1) is 17.0 Å². The van der Waals surface area contributed by atoms with Crippen LogP contribution in [-0.2, 0) is 15.1 Å². The molecule has 2 N–H and O–H groups in total. The van der Waals surface area contributed by atoms with Gasteiger partial charge in [-0.3, -0.25) is 24.6 Å². The average molecular weight is 461 g/mol. The maximum absolute atomic E-state index is 12.9. The van der Waals surface area contributed by atoms with E-state index in [4.69, 9.17) is 0 Å². The fraction of sp³-hybridized carbons (Fsp3) is 0.211. The van der Waals surface area contributed by atoms with Gasteiger partial charge in [0, 0.05) is 22.3 Å². The monoisotopic (exact) mass is 460 g/mol. The Bertz CT molecular complexity index is 1040. The molecule has 29 heavy (non-hydrogen) atoms. The third-order valence-electron chi connectivity index (χ3n) is 4.65. The van der Waals surface area contributed by atoms with Crippen LogP contribution in [0.5, 0.6) is 0 Å². The highest BCUT2D eigenvalue weighted by Gasteiger charge is 2.49. The number of hydrogen-bond acceptors (Lipinski definition) is 5. The molecule has 1 unspecified atom stereocenters. The second-order valence-electron chi connectivity index (χ2n) is 6.77. The highest BCUT2D eigenvalue weighted by Crippen LogP contribution is 2.31. The van der Waals surface area contributed by atoms with E-state index in [0.29, 0.717) is 5.69 Å². The van der Waals surface area contributed by atoms with Gasteiger partial charge >= 0.3 is 6.03 Å². The Morgan fingerprint density at radius 3 is 2.66 bits per heavy atom. The van der Waals surface area contributed by atoms with Crippen LogP contribution in [0.4, 0.5) is 16.2 Å². The zero-order valence-electron chi connectivity index (χ0n) is 15.6. The molecule has 0 aromatic heterocycles. The number of benzene rings is 2. The highest BCUT2D eigenvalue weighted by atomic mass is 79.9. The molecule has 0 aliphatic carbocycles. The molecule has 1 saturated heterocycles. The van der Waals surface area contributed by atoms with Gasteiger partial charge in [-0.2, -0.15) is 0 Å². The fourth-order valence-corrected chi connectivity index (χ4v) is 3.28. The van der Waals surface area contributed by atoms with E-state index in [-0.39, 0.29) is 11.3 Å². The number of nitro benzene ring substituents is 1. The van der Waals surface area contributed by atoms with Gasteiger partial charge in [0.2, 0.25) is 5.91 Å². The summed E-state index contributed by atoms with van der Waals surface area (Å²) in [5, 5.41) is 16.2. The number of nitrogens with one attached hydrogen (secondary N) is 2. The SMILES string of the molecule is Cc1cc(NC(=O)CN2C(=O)NC(C)(c3cccc([N+](=O)[O-])c3)C2=O)ccc1Br. The summed E-state index contributed by atoms with van der Waals surface area (Å²) in [6.07, 6.45) is 0. The molecule has 1 aliphatic rings. The Kier molecular flexibility index (Phi) is 5.38. The number of amides is 4. The summed E-state index contributed by atoms with van der Waals surface area (Å²) in [5.74, 6) is -1.20. The lowest BCUT2D eigenvalue weighted by Crippen LogP contribution is -2.42. The van der Waals surface area contributed by atoms with Crippen molar-refractivity contribution in [2.45, 2.75) is 19.4 Å². The molecule has 2 aromatic rings. The Morgan fingerprint density at radius 2 is 2.00 bits per heavy atom. The third-order valence-corrected chi connectivity index (χ3v) is 5.54. The number of nitro groups is 1. The van der Waals surface area contributed by atoms with E-state index in [2.05, 4.69) is 26.6 Å². The van der Waals surface area contributed by atoms with Crippen LogP contribution in [0.15, 0.2) is 46.9 Å². The molecular weight excluding hydrogens is 444 g/mol. The topological polar surface area (TPSA) is 122 Å². The number of halogens is 1. The number of rotatable bonds is 5. The first-order valence-corrected chi connectivity index (χ1v) is 9.36. The normalized spacial score (nSPS) is 18.5. The lowest BCUT2D eigenvalue weighted by Gasteiger charge is -2.22. The van der Waals surface area contributed by atoms with Gasteiger partial charge in [-0.15, -0.1) is 0 Å². The van der Waals surface area contributed by atoms with Gasteiger partial charge in [0.25, 0.3) is 11.6 Å². The molecule has 1 fully saturated rings. The predicted molar refractivity (Wildman–Crippen MR) is 108 cm³/mol. The molecule has 2 aromatic carbocycles. The number of hydrogen-bond donors (Lipinski definition) is 2. The first-order valence-electron chi connectivity index (χ1n) is 8.57. The second-order valence-corrected chi connectivity index (χ2v) is 7.62. The van der Waals surface area contributed by atoms with E-state index in [1.807, 2.05) is 6.92 Å². The smallest absolute Gasteiger partial charge is 0.325 e. The van der Waals surface area contributed by atoms with Crippen molar-refractivity contribution in [1.82, 2.24) is 10.2 Å². The summed E-state index contributed by atoms with van der Waals surface area (Å²) in [6.45, 7) is 2.83. The molecule has 0 spiro atoms. The van der Waals surface area contributed by atoms with E-state index in [1.54, 1.807) is 18.2 Å². The molecule has 1 aliphatic heterocycles. The van der Waals surface area contributed by atoms with Crippen molar-refractivity contribution in [1.29, 1.82) is 0 Å². The van der Waals surface area contributed by atoms with Gasteiger partial charge in [-0.1, -0.05) is 28.1 Å². The Hall–Kier alpha value is -3.27. The van der Waals surface area contributed by atoms with Gasteiger partial charge < -0.3 is 10.6 Å². The first-order chi connectivity index (χ1) is 13.6. The summed E-state index contributed by atoms with van der Waals surface area (Å²) in [7, 11) is 0. The largest absolute Gasteiger partial charge is 0.325 e. The number of anilines is 1. The Balaban J connectivity index is 1.77. The van der Waals surface area contributed by atoms with Crippen molar-refractivity contribution in [2.75, 3.05) is 11.9 Å². The van der Waals surface area contributed by atoms with Crippen molar-refractivity contribution in [2.24, 2.45) is 0 Å². The minimum atomic E-state index is -1.50. The standard InChI is InChI=1S/C19H17BrN4O5/c1-11-8-13(6-7-15(11)20)21-16(25)10-23-17(26)19(2,22-18(23)27)12-4-3-5-14(9-12)24(28)29/h3-9H,10H2,1-2H3,(H,21,25)(H,22,27). The van der Waals surface area contributed by atoms with Gasteiger partial charge in [-0.25, -0.2) is 4.79 Å². The number of imide groups is 1. The number of carbonyl (C=O) groups is 3. The van der Waals surface area contributed by atoms with Crippen LogP contribution >= 0.6 is 15.9 Å². The maximum Gasteiger partial charge on any atom is 0.325 e. The van der Waals surface area contributed by atoms with Crippen LogP contribution < -0.4 is 10.6 Å². The minimum Gasteiger partial charge on any atom is -0.325 e. The molecule has 0 saturated carbocycles. The van der Waals surface area contributed by atoms with Crippen molar-refractivity contribution in [3.8, 4) is 0 Å². The van der Waals surface area contributed by atoms with Crippen LogP contribution in [0.25, 0.3) is 0 Å². The lowest BCUT2D eigenvalue weighted by molar-refractivity contribution is -0.385. The maximum atomic E-state index is 12.9. The molecular formula is C19H17BrN4O5. The quantitative estimate of drug-likeness (QED) is 0.403. The Morgan fingerprint density at radius 1 is 1.28 bits per heavy atom. The second kappa shape index (κ2) is 7.63. The summed E-state index contributed by atoms with van der Waals surface area (Å²) in [5.41, 5.74) is 0.00159. The Labute approximate surface area is 174 Å². The van der Waals surface area contributed by atoms with Crippen molar-refractivity contribution in [3.63, 3.8) is 0 Å². The minimum absolute atomic E-state index is 0.201. The van der Waals surface area contributed by atoms with E-state index >= 15 is 0 Å². The summed E-state index contributed by atoms with van der Waals surface area (Å²) < 4.78 is 0.886. The predicted octanol–water partition coefficient (Wildman–Crippen LogP) is 3.07.